The molecular weight excluding hydrogens is 256 g/mol. The third-order valence-corrected chi connectivity index (χ3v) is 3.31. The van der Waals surface area contributed by atoms with Gasteiger partial charge in [0, 0.05) is 23.0 Å². The van der Waals surface area contributed by atoms with Crippen LogP contribution in [0, 0.1) is 0 Å². The molecule has 2 aromatic heterocycles. The van der Waals surface area contributed by atoms with Crippen LogP contribution < -0.4 is 20.7 Å². The zero-order valence-corrected chi connectivity index (χ0v) is 10.1. The number of ether oxygens (including phenoxy) is 2. The van der Waals surface area contributed by atoms with Crippen LogP contribution in [0.15, 0.2) is 32.6 Å². The molecule has 0 saturated heterocycles. The number of hydrogen-bond acceptors (Lipinski definition) is 5. The Bertz CT molecular complexity index is 672. The second-order valence-corrected chi connectivity index (χ2v) is 4.66. The first-order chi connectivity index (χ1) is 8.72. The minimum atomic E-state index is -0.442. The Hall–Kier alpha value is -2.02. The van der Waals surface area contributed by atoms with Crippen molar-refractivity contribution in [1.82, 2.24) is 9.55 Å². The van der Waals surface area contributed by atoms with Crippen molar-refractivity contribution in [3.63, 3.8) is 0 Å². The third-order valence-electron chi connectivity index (χ3n) is 2.61. The van der Waals surface area contributed by atoms with Crippen molar-refractivity contribution in [3.8, 4) is 11.5 Å². The molecule has 0 amide bonds. The van der Waals surface area contributed by atoms with Gasteiger partial charge in [-0.2, -0.15) is 0 Å². The minimum Gasteiger partial charge on any atom is -0.485 e. The van der Waals surface area contributed by atoms with Gasteiger partial charge in [0.2, 0.25) is 0 Å². The molecule has 3 heterocycles. The van der Waals surface area contributed by atoms with E-state index in [1.54, 1.807) is 0 Å². The predicted octanol–water partition coefficient (Wildman–Crippen LogP) is 0.438. The van der Waals surface area contributed by atoms with Crippen molar-refractivity contribution in [2.24, 2.45) is 0 Å². The van der Waals surface area contributed by atoms with Crippen LogP contribution in [0.25, 0.3) is 0 Å². The van der Waals surface area contributed by atoms with Gasteiger partial charge in [0.1, 0.15) is 6.61 Å². The van der Waals surface area contributed by atoms with E-state index in [9.17, 15) is 9.59 Å². The number of aromatic amines is 1. The summed E-state index contributed by atoms with van der Waals surface area (Å²) in [5.41, 5.74) is -0.848. The molecule has 1 unspecified atom stereocenters. The van der Waals surface area contributed by atoms with Gasteiger partial charge in [-0.3, -0.25) is 14.3 Å². The van der Waals surface area contributed by atoms with Gasteiger partial charge in [-0.25, -0.2) is 4.79 Å². The Labute approximate surface area is 105 Å². The fourth-order valence-corrected chi connectivity index (χ4v) is 2.43. The summed E-state index contributed by atoms with van der Waals surface area (Å²) in [6, 6.07) is 1.31. The number of aromatic nitrogens is 2. The Morgan fingerprint density at radius 3 is 3.06 bits per heavy atom. The second-order valence-electron chi connectivity index (χ2n) is 3.91. The molecule has 0 bridgehead atoms. The van der Waals surface area contributed by atoms with Gasteiger partial charge in [0.15, 0.2) is 17.6 Å². The molecule has 0 fully saturated rings. The molecule has 0 spiro atoms. The largest absolute Gasteiger partial charge is 0.485 e. The smallest absolute Gasteiger partial charge is 0.328 e. The van der Waals surface area contributed by atoms with E-state index in [0.717, 1.165) is 5.75 Å². The maximum atomic E-state index is 11.5. The first kappa shape index (κ1) is 11.1. The Morgan fingerprint density at radius 2 is 2.22 bits per heavy atom. The van der Waals surface area contributed by atoms with E-state index in [-0.39, 0.29) is 6.10 Å². The third kappa shape index (κ3) is 2.04. The molecule has 7 heteroatoms. The Kier molecular flexibility index (Phi) is 2.67. The zero-order chi connectivity index (χ0) is 12.5. The van der Waals surface area contributed by atoms with Crippen molar-refractivity contribution in [2.75, 3.05) is 6.61 Å². The average molecular weight is 266 g/mol. The highest BCUT2D eigenvalue weighted by molar-refractivity contribution is 7.08. The van der Waals surface area contributed by atoms with Gasteiger partial charge in [0.25, 0.3) is 5.56 Å². The molecule has 6 nitrogen and oxygen atoms in total. The summed E-state index contributed by atoms with van der Waals surface area (Å²) in [4.78, 5) is 24.7. The van der Waals surface area contributed by atoms with Crippen LogP contribution in [0.2, 0.25) is 0 Å². The topological polar surface area (TPSA) is 73.3 Å². The second kappa shape index (κ2) is 4.34. The van der Waals surface area contributed by atoms with Gasteiger partial charge >= 0.3 is 5.69 Å². The van der Waals surface area contributed by atoms with Gasteiger partial charge in [-0.1, -0.05) is 0 Å². The summed E-state index contributed by atoms with van der Waals surface area (Å²) in [6.07, 6.45) is 1.21. The van der Waals surface area contributed by atoms with E-state index in [0.29, 0.717) is 18.9 Å². The molecule has 1 atom stereocenters. The standard InChI is InChI=1S/C11H10N2O4S/c14-10-1-2-13(11(15)12-10)3-7-4-16-8-5-18-6-9(8)17-7/h1-2,5-7H,3-4H2,(H,12,14,15). The quantitative estimate of drug-likeness (QED) is 0.856. The van der Waals surface area contributed by atoms with Gasteiger partial charge in [0.05, 0.1) is 6.54 Å². The lowest BCUT2D eigenvalue weighted by Crippen LogP contribution is -2.38. The summed E-state index contributed by atoms with van der Waals surface area (Å²) in [6.45, 7) is 0.722. The van der Waals surface area contributed by atoms with Crippen molar-refractivity contribution in [1.29, 1.82) is 0 Å². The van der Waals surface area contributed by atoms with Crippen LogP contribution in [0.1, 0.15) is 0 Å². The highest BCUT2D eigenvalue weighted by atomic mass is 32.1. The molecule has 94 valence electrons. The SMILES string of the molecule is O=c1ccn(CC2COc3cscc3O2)c(=O)[nH]1. The molecule has 3 rings (SSSR count). The highest BCUT2D eigenvalue weighted by Crippen LogP contribution is 2.35. The maximum Gasteiger partial charge on any atom is 0.328 e. The molecule has 0 aromatic carbocycles. The molecule has 0 aliphatic carbocycles. The number of H-pyrrole nitrogens is 1. The zero-order valence-electron chi connectivity index (χ0n) is 9.29. The molecule has 18 heavy (non-hydrogen) atoms. The molecule has 1 aliphatic rings. The number of nitrogens with zero attached hydrogens (tertiary/aromatic N) is 1. The van der Waals surface area contributed by atoms with Crippen LogP contribution in [-0.4, -0.2) is 22.3 Å². The van der Waals surface area contributed by atoms with E-state index in [4.69, 9.17) is 9.47 Å². The summed E-state index contributed by atoms with van der Waals surface area (Å²) < 4.78 is 12.6. The van der Waals surface area contributed by atoms with Crippen LogP contribution in [0.5, 0.6) is 11.5 Å². The first-order valence-electron chi connectivity index (χ1n) is 5.38. The van der Waals surface area contributed by atoms with Crippen LogP contribution >= 0.6 is 11.3 Å². The fraction of sp³-hybridized carbons (Fsp3) is 0.273. The van der Waals surface area contributed by atoms with E-state index in [1.165, 1.54) is 28.2 Å². The summed E-state index contributed by atoms with van der Waals surface area (Å²) >= 11 is 1.50. The minimum absolute atomic E-state index is 0.240. The van der Waals surface area contributed by atoms with Crippen molar-refractivity contribution < 1.29 is 9.47 Å². The average Bonchev–Trinajstić information content (AvgIpc) is 2.80. The first-order valence-corrected chi connectivity index (χ1v) is 6.32. The van der Waals surface area contributed by atoms with Gasteiger partial charge in [-0.05, 0) is 0 Å². The lowest BCUT2D eigenvalue weighted by molar-refractivity contribution is 0.0787. The Balaban J connectivity index is 1.78. The molecule has 0 radical (unpaired) electrons. The van der Waals surface area contributed by atoms with E-state index in [1.807, 2.05) is 10.8 Å². The van der Waals surface area contributed by atoms with E-state index in [2.05, 4.69) is 4.98 Å². The lowest BCUT2D eigenvalue weighted by atomic mass is 10.3. The Morgan fingerprint density at radius 1 is 1.39 bits per heavy atom. The number of thiophene rings is 1. The molecular formula is C11H10N2O4S. The summed E-state index contributed by atoms with van der Waals surface area (Å²) in [7, 11) is 0. The number of rotatable bonds is 2. The number of nitrogens with one attached hydrogen (secondary N) is 1. The monoisotopic (exact) mass is 266 g/mol. The molecule has 1 N–H and O–H groups in total. The summed E-state index contributed by atoms with van der Waals surface area (Å²) in [5, 5.41) is 3.73. The van der Waals surface area contributed by atoms with Crippen molar-refractivity contribution in [2.45, 2.75) is 12.6 Å². The van der Waals surface area contributed by atoms with E-state index >= 15 is 0 Å². The highest BCUT2D eigenvalue weighted by Gasteiger charge is 2.22. The van der Waals surface area contributed by atoms with Gasteiger partial charge < -0.3 is 9.47 Å². The summed E-state index contributed by atoms with van der Waals surface area (Å²) in [5.74, 6) is 1.44. The van der Waals surface area contributed by atoms with Crippen LogP contribution in [-0.2, 0) is 6.54 Å². The van der Waals surface area contributed by atoms with Crippen molar-refractivity contribution >= 4 is 11.3 Å². The molecule has 2 aromatic rings. The fourth-order valence-electron chi connectivity index (χ4n) is 1.76. The molecule has 1 aliphatic heterocycles. The normalized spacial score (nSPS) is 17.7. The lowest BCUT2D eigenvalue weighted by Gasteiger charge is -2.24. The van der Waals surface area contributed by atoms with Crippen LogP contribution in [0.3, 0.4) is 0 Å². The maximum absolute atomic E-state index is 11.5. The molecule has 0 saturated carbocycles. The van der Waals surface area contributed by atoms with Crippen LogP contribution in [0.4, 0.5) is 0 Å². The number of fused-ring (bicyclic) bond motifs is 1. The van der Waals surface area contributed by atoms with Gasteiger partial charge in [-0.15, -0.1) is 11.3 Å². The predicted molar refractivity (Wildman–Crippen MR) is 65.6 cm³/mol. The number of hydrogen-bond donors (Lipinski definition) is 1. The van der Waals surface area contributed by atoms with Crippen molar-refractivity contribution in [3.05, 3.63) is 43.9 Å². The van der Waals surface area contributed by atoms with E-state index < -0.39 is 11.2 Å².